The first-order valence-corrected chi connectivity index (χ1v) is 28.9. The number of nitrogens with zero attached hydrogens (tertiary/aromatic N) is 7. The number of anilines is 3. The highest BCUT2D eigenvalue weighted by Gasteiger charge is 2.50. The molecule has 0 aliphatic carbocycles. The lowest BCUT2D eigenvalue weighted by Crippen LogP contribution is -2.39. The molecular formula is C51H66N10O13P2. The Morgan fingerprint density at radius 1 is 0.974 bits per heavy atom. The summed E-state index contributed by atoms with van der Waals surface area (Å²) in [4.78, 5) is 83.9. The van der Waals surface area contributed by atoms with Crippen LogP contribution >= 0.6 is 15.6 Å². The summed E-state index contributed by atoms with van der Waals surface area (Å²) in [6, 6.07) is 16.7. The summed E-state index contributed by atoms with van der Waals surface area (Å²) in [5, 5.41) is 19.2. The van der Waals surface area contributed by atoms with Crippen molar-refractivity contribution >= 4 is 61.7 Å². The molecule has 408 valence electrons. The van der Waals surface area contributed by atoms with Gasteiger partial charge in [0.1, 0.15) is 49.2 Å². The number of amides is 2. The van der Waals surface area contributed by atoms with Crippen molar-refractivity contribution in [3.8, 4) is 11.5 Å². The summed E-state index contributed by atoms with van der Waals surface area (Å²) in [5.41, 5.74) is 13.4. The van der Waals surface area contributed by atoms with Gasteiger partial charge in [0.2, 0.25) is 17.2 Å². The summed E-state index contributed by atoms with van der Waals surface area (Å²) in [6.45, 7) is 8.44. The van der Waals surface area contributed by atoms with Crippen LogP contribution in [0, 0.1) is 0 Å². The molecule has 4 aliphatic heterocycles. The first kappa shape index (κ1) is 54.9. The van der Waals surface area contributed by atoms with E-state index < -0.39 is 46.8 Å². The average Bonchev–Trinajstić information content (AvgIpc) is 3.99. The van der Waals surface area contributed by atoms with Gasteiger partial charge in [0.05, 0.1) is 12.7 Å². The van der Waals surface area contributed by atoms with Crippen LogP contribution in [0.2, 0.25) is 0 Å². The molecule has 0 spiro atoms. The lowest BCUT2D eigenvalue weighted by Gasteiger charge is -2.33. The zero-order valence-corrected chi connectivity index (χ0v) is 44.6. The zero-order valence-electron chi connectivity index (χ0n) is 42.8. The standard InChI is InChI=1S/C51H66N10O13P2/c1-4-59-23-12-15-31-25-35-39(27-37(31)59)72-40-28-38-32(16-13-24-60(38)5-2)26-36(40)43(35)33-17-8-9-18-34(33)49(64)58(3)22-14-19-42(62)53-20-10-6-7-11-21-54-51-57-44-47(52)55-30-56-48(44)61(51)50-46(74-76(68,69)70)45(63)41(73-50)29-71-75(65,66)67/h8-9,17-18,25-28,30,41,45-46,50,52,63H,4-7,10-16,19-24,29H2,1-3H3,(H6,53,62,64,65,66,67,68,69,70)/t41-,45-,46-,50-/m1/s1. The molecular weight excluding hydrogens is 1020 g/mol. The molecule has 23 nitrogen and oxygen atoms in total. The molecule has 0 saturated carbocycles. The number of hydrogen-bond donors (Lipinski definition) is 7. The fourth-order valence-electron chi connectivity index (χ4n) is 10.7. The number of nitrogens with two attached hydrogens (primary N) is 1. The lowest BCUT2D eigenvalue weighted by molar-refractivity contribution is -0.222. The molecule has 6 heterocycles. The minimum absolute atomic E-state index is 0.0278. The average molecular weight is 1090 g/mol. The Morgan fingerprint density at radius 2 is 1.75 bits per heavy atom. The number of phosphoric acid groups is 2. The van der Waals surface area contributed by atoms with Crippen LogP contribution in [-0.2, 0) is 40.6 Å². The third-order valence-corrected chi connectivity index (χ3v) is 15.4. The van der Waals surface area contributed by atoms with Crippen LogP contribution in [0.25, 0.3) is 16.7 Å². The van der Waals surface area contributed by atoms with E-state index in [0.29, 0.717) is 44.5 Å². The van der Waals surface area contributed by atoms with Gasteiger partial charge in [0, 0.05) is 91.8 Å². The third kappa shape index (κ3) is 12.1. The maximum atomic E-state index is 14.5. The normalized spacial score (nSPS) is 19.8. The fraction of sp³-hybridized carbons (Fsp3) is 0.490. The molecule has 2 amide bonds. The number of benzene rings is 3. The number of phosphoric ester groups is 2. The summed E-state index contributed by atoms with van der Waals surface area (Å²) >= 11 is 0. The van der Waals surface area contributed by atoms with Gasteiger partial charge in [0.15, 0.2) is 23.2 Å². The molecule has 5 aromatic rings. The second kappa shape index (κ2) is 23.4. The largest absolute Gasteiger partial charge is 0.756 e. The molecule has 8 N–H and O–H groups in total. The second-order valence-electron chi connectivity index (χ2n) is 19.5. The highest BCUT2D eigenvalue weighted by Crippen LogP contribution is 2.47. The van der Waals surface area contributed by atoms with Gasteiger partial charge in [-0.3, -0.25) is 23.2 Å². The van der Waals surface area contributed by atoms with Crippen molar-refractivity contribution in [2.75, 3.05) is 75.4 Å². The van der Waals surface area contributed by atoms with Crippen molar-refractivity contribution in [3.63, 3.8) is 0 Å². The van der Waals surface area contributed by atoms with E-state index in [9.17, 15) is 38.5 Å². The van der Waals surface area contributed by atoms with Gasteiger partial charge in [0.25, 0.3) is 13.7 Å². The number of imidazole rings is 1. The number of fused-ring (bicyclic) bond motifs is 5. The molecule has 0 bridgehead atoms. The van der Waals surface area contributed by atoms with E-state index in [-0.39, 0.29) is 41.2 Å². The van der Waals surface area contributed by atoms with E-state index >= 15 is 0 Å². The smallest absolute Gasteiger partial charge is 0.470 e. The van der Waals surface area contributed by atoms with Crippen molar-refractivity contribution in [1.82, 2.24) is 34.3 Å². The van der Waals surface area contributed by atoms with E-state index in [0.717, 1.165) is 104 Å². The number of carbonyl (C=O) groups excluding carboxylic acids is 2. The Morgan fingerprint density at radius 3 is 2.51 bits per heavy atom. The van der Waals surface area contributed by atoms with Crippen LogP contribution in [-0.4, -0.2) is 134 Å². The Hall–Kier alpha value is -5.84. The minimum Gasteiger partial charge on any atom is -0.756 e. The van der Waals surface area contributed by atoms with E-state index in [1.807, 2.05) is 24.3 Å². The quantitative estimate of drug-likeness (QED) is 0.0292. The van der Waals surface area contributed by atoms with Crippen LogP contribution in [0.1, 0.15) is 104 Å². The number of unbranched alkanes of at least 4 members (excludes halogenated alkanes) is 3. The predicted molar refractivity (Wildman–Crippen MR) is 280 cm³/mol. The Balaban J connectivity index is 0.791. The summed E-state index contributed by atoms with van der Waals surface area (Å²) in [5.74, 6) is 1.37. The van der Waals surface area contributed by atoms with E-state index in [1.165, 1.54) is 26.7 Å². The van der Waals surface area contributed by atoms with Crippen LogP contribution in [0.4, 0.5) is 17.5 Å². The molecule has 2 aromatic heterocycles. The van der Waals surface area contributed by atoms with Gasteiger partial charge in [-0.2, -0.15) is 0 Å². The number of aromatic nitrogens is 4. The molecule has 4 aliphatic rings. The number of aryl methyl sites for hydroxylation is 2. The molecule has 0 radical (unpaired) electrons. The van der Waals surface area contributed by atoms with Crippen molar-refractivity contribution in [3.05, 3.63) is 93.3 Å². The van der Waals surface area contributed by atoms with Gasteiger partial charge in [-0.15, -0.1) is 0 Å². The van der Waals surface area contributed by atoms with E-state index in [1.54, 1.807) is 11.9 Å². The SMILES string of the molecule is CCN1CCCc2cc3c(cc21)Oc1cc2c(cc1=C3c1ccccc1C(=O)N(C)CCCC(=O)NCCCCCCNc1nc3c(N)ncnc3n1[C@@H]1O[C@H](COP(=O)([O-])O)[C@@H](O)[C@H]1OP(=O)(O)O)CCC[N+]=2CC. The number of aliphatic hydroxyl groups excluding tert-OH is 1. The van der Waals surface area contributed by atoms with Crippen molar-refractivity contribution in [1.29, 1.82) is 0 Å². The first-order chi connectivity index (χ1) is 36.4. The van der Waals surface area contributed by atoms with E-state index in [2.05, 4.69) is 77.7 Å². The maximum Gasteiger partial charge on any atom is 0.470 e. The number of rotatable bonds is 22. The van der Waals surface area contributed by atoms with Crippen molar-refractivity contribution in [2.24, 2.45) is 0 Å². The minimum atomic E-state index is -5.26. The highest BCUT2D eigenvalue weighted by atomic mass is 31.2. The number of carbonyl (C=O) groups is 2. The van der Waals surface area contributed by atoms with Gasteiger partial charge in [-0.05, 0) is 81.7 Å². The number of aliphatic hydroxyl groups is 1. The van der Waals surface area contributed by atoms with Gasteiger partial charge in [-0.1, -0.05) is 31.0 Å². The summed E-state index contributed by atoms with van der Waals surface area (Å²) in [6.07, 6.45) is 2.03. The molecule has 3 aromatic carbocycles. The van der Waals surface area contributed by atoms with Crippen LogP contribution in [0.3, 0.4) is 0 Å². The zero-order chi connectivity index (χ0) is 53.9. The second-order valence-corrected chi connectivity index (χ2v) is 21.9. The number of nitrogens with one attached hydrogen (secondary N) is 2. The fourth-order valence-corrected chi connectivity index (χ4v) is 11.6. The third-order valence-electron chi connectivity index (χ3n) is 14.4. The predicted octanol–water partition coefficient (Wildman–Crippen LogP) is 2.85. The van der Waals surface area contributed by atoms with Gasteiger partial charge in [-0.25, -0.2) is 24.1 Å². The van der Waals surface area contributed by atoms with E-state index in [4.69, 9.17) is 24.6 Å². The molecule has 9 rings (SSSR count). The molecule has 5 atom stereocenters. The number of hydrogen-bond acceptors (Lipinski definition) is 16. The first-order valence-electron chi connectivity index (χ1n) is 25.9. The van der Waals surface area contributed by atoms with Crippen LogP contribution in [0.5, 0.6) is 11.5 Å². The van der Waals surface area contributed by atoms with Gasteiger partial charge < -0.3 is 64.8 Å². The van der Waals surface area contributed by atoms with Gasteiger partial charge >= 0.3 is 7.82 Å². The number of nitrogen functional groups attached to an aromatic ring is 1. The summed E-state index contributed by atoms with van der Waals surface area (Å²) < 4.78 is 48.9. The maximum absolute atomic E-state index is 14.5. The monoisotopic (exact) mass is 1090 g/mol. The van der Waals surface area contributed by atoms with Crippen molar-refractivity contribution < 1.29 is 61.9 Å². The molecule has 76 heavy (non-hydrogen) atoms. The summed E-state index contributed by atoms with van der Waals surface area (Å²) in [7, 11) is -8.74. The highest BCUT2D eigenvalue weighted by molar-refractivity contribution is 7.46. The Bertz CT molecular complexity index is 3220. The van der Waals surface area contributed by atoms with Crippen LogP contribution in [0.15, 0.2) is 54.9 Å². The molecule has 1 saturated heterocycles. The molecule has 1 fully saturated rings. The Kier molecular flexibility index (Phi) is 16.9. The van der Waals surface area contributed by atoms with Crippen LogP contribution < -0.4 is 46.0 Å². The lowest BCUT2D eigenvalue weighted by atomic mass is 9.86. The topological polar surface area (TPSA) is 312 Å². The number of ether oxygens (including phenoxy) is 2. The molecule has 25 heteroatoms. The Labute approximate surface area is 439 Å². The van der Waals surface area contributed by atoms with Crippen molar-refractivity contribution in [2.45, 2.75) is 103 Å². The molecule has 1 unspecified atom stereocenters.